The Labute approximate surface area is 93.5 Å². The molecule has 1 amide bonds. The Morgan fingerprint density at radius 1 is 1.62 bits per heavy atom. The molecule has 1 unspecified atom stereocenters. The normalized spacial score (nSPS) is 12.2. The van der Waals surface area contributed by atoms with Crippen molar-refractivity contribution in [3.8, 4) is 0 Å². The van der Waals surface area contributed by atoms with Gasteiger partial charge in [0.05, 0.1) is 12.6 Å². The number of amides is 1. The van der Waals surface area contributed by atoms with Crippen molar-refractivity contribution in [2.75, 3.05) is 18.5 Å². The van der Waals surface area contributed by atoms with Crippen LogP contribution in [0.5, 0.6) is 0 Å². The van der Waals surface area contributed by atoms with E-state index in [1.54, 1.807) is 11.9 Å². The first-order valence-corrected chi connectivity index (χ1v) is 4.88. The molecule has 1 aromatic rings. The molecular weight excluding hydrogens is 211 g/mol. The molecule has 88 valence electrons. The number of hydrogen-bond donors (Lipinski definition) is 2. The fraction of sp³-hybridized carbons (Fsp3) is 0.364. The van der Waals surface area contributed by atoms with Crippen molar-refractivity contribution in [3.63, 3.8) is 0 Å². The summed E-state index contributed by atoms with van der Waals surface area (Å²) in [6.45, 7) is 1.56. The number of hydrogen-bond acceptors (Lipinski definition) is 3. The zero-order valence-corrected chi connectivity index (χ0v) is 9.27. The van der Waals surface area contributed by atoms with Crippen LogP contribution in [-0.2, 0) is 4.79 Å². The van der Waals surface area contributed by atoms with Crippen LogP contribution in [0.3, 0.4) is 0 Å². The van der Waals surface area contributed by atoms with Gasteiger partial charge >= 0.3 is 0 Å². The minimum atomic E-state index is -0.805. The average molecular weight is 226 g/mol. The van der Waals surface area contributed by atoms with Crippen molar-refractivity contribution in [3.05, 3.63) is 29.6 Å². The van der Waals surface area contributed by atoms with Crippen molar-refractivity contribution >= 4 is 11.6 Å². The number of primary amides is 1. The number of halogens is 1. The standard InChI is InChI=1S/C11H15FN2O2/c1-7(15)9-5-8(12)3-4-10(9)14(2)6-11(13)16/h3-5,7,15H,6H2,1-2H3,(H2,13,16). The summed E-state index contributed by atoms with van der Waals surface area (Å²) in [5.74, 6) is -0.907. The van der Waals surface area contributed by atoms with E-state index in [0.717, 1.165) is 0 Å². The van der Waals surface area contributed by atoms with E-state index >= 15 is 0 Å². The van der Waals surface area contributed by atoms with Gasteiger partial charge in [0.15, 0.2) is 0 Å². The minimum Gasteiger partial charge on any atom is -0.389 e. The summed E-state index contributed by atoms with van der Waals surface area (Å²) in [7, 11) is 1.66. The van der Waals surface area contributed by atoms with E-state index < -0.39 is 17.8 Å². The van der Waals surface area contributed by atoms with Crippen LogP contribution in [0.15, 0.2) is 18.2 Å². The molecule has 0 aliphatic carbocycles. The number of nitrogens with zero attached hydrogens (tertiary/aromatic N) is 1. The van der Waals surface area contributed by atoms with Crippen molar-refractivity contribution in [2.24, 2.45) is 5.73 Å². The Morgan fingerprint density at radius 2 is 2.25 bits per heavy atom. The third kappa shape index (κ3) is 2.93. The topological polar surface area (TPSA) is 66.6 Å². The number of anilines is 1. The molecule has 1 rings (SSSR count). The summed E-state index contributed by atoms with van der Waals surface area (Å²) in [4.78, 5) is 12.3. The zero-order valence-electron chi connectivity index (χ0n) is 9.27. The number of aliphatic hydroxyl groups excluding tert-OH is 1. The molecule has 1 atom stereocenters. The molecule has 0 aliphatic heterocycles. The van der Waals surface area contributed by atoms with Crippen molar-refractivity contribution in [2.45, 2.75) is 13.0 Å². The van der Waals surface area contributed by atoms with Gasteiger partial charge in [-0.2, -0.15) is 0 Å². The Bertz CT molecular complexity index is 394. The highest BCUT2D eigenvalue weighted by Crippen LogP contribution is 2.26. The van der Waals surface area contributed by atoms with Gasteiger partial charge in [-0.15, -0.1) is 0 Å². The predicted octanol–water partition coefficient (Wildman–Crippen LogP) is 0.800. The van der Waals surface area contributed by atoms with Crippen molar-refractivity contribution in [1.82, 2.24) is 0 Å². The molecular formula is C11H15FN2O2. The number of carbonyl (C=O) groups is 1. The van der Waals surface area contributed by atoms with Gasteiger partial charge in [-0.3, -0.25) is 4.79 Å². The van der Waals surface area contributed by atoms with Crippen LogP contribution in [0, 0.1) is 5.82 Å². The SMILES string of the molecule is CC(O)c1cc(F)ccc1N(C)CC(N)=O. The fourth-order valence-corrected chi connectivity index (χ4v) is 1.53. The summed E-state index contributed by atoms with van der Waals surface area (Å²) in [6, 6.07) is 4.04. The van der Waals surface area contributed by atoms with Crippen LogP contribution in [0.2, 0.25) is 0 Å². The molecule has 0 heterocycles. The second-order valence-corrected chi connectivity index (χ2v) is 3.70. The summed E-state index contributed by atoms with van der Waals surface area (Å²) in [5, 5.41) is 9.50. The number of carbonyl (C=O) groups excluding carboxylic acids is 1. The first kappa shape index (κ1) is 12.4. The third-order valence-corrected chi connectivity index (χ3v) is 2.24. The smallest absolute Gasteiger partial charge is 0.236 e. The molecule has 5 heteroatoms. The predicted molar refractivity (Wildman–Crippen MR) is 59.5 cm³/mol. The summed E-state index contributed by atoms with van der Waals surface area (Å²) < 4.78 is 13.0. The first-order valence-electron chi connectivity index (χ1n) is 4.88. The van der Waals surface area contributed by atoms with Crippen LogP contribution in [0.4, 0.5) is 10.1 Å². The number of benzene rings is 1. The highest BCUT2D eigenvalue weighted by molar-refractivity contribution is 5.79. The van der Waals surface area contributed by atoms with E-state index in [1.165, 1.54) is 25.1 Å². The molecule has 0 fully saturated rings. The van der Waals surface area contributed by atoms with E-state index in [-0.39, 0.29) is 6.54 Å². The molecule has 4 nitrogen and oxygen atoms in total. The zero-order chi connectivity index (χ0) is 12.3. The van der Waals surface area contributed by atoms with E-state index in [9.17, 15) is 14.3 Å². The Balaban J connectivity index is 3.07. The summed E-state index contributed by atoms with van der Waals surface area (Å²) >= 11 is 0. The van der Waals surface area contributed by atoms with Crippen LogP contribution < -0.4 is 10.6 Å². The molecule has 0 bridgehead atoms. The lowest BCUT2D eigenvalue weighted by atomic mass is 10.1. The lowest BCUT2D eigenvalue weighted by molar-refractivity contribution is -0.116. The second kappa shape index (κ2) is 4.94. The highest BCUT2D eigenvalue weighted by atomic mass is 19.1. The maximum atomic E-state index is 13.0. The molecule has 0 saturated heterocycles. The molecule has 0 saturated carbocycles. The summed E-state index contributed by atoms with van der Waals surface area (Å²) in [5.41, 5.74) is 6.10. The van der Waals surface area contributed by atoms with Crippen molar-refractivity contribution < 1.29 is 14.3 Å². The molecule has 0 aliphatic rings. The lowest BCUT2D eigenvalue weighted by Gasteiger charge is -2.22. The average Bonchev–Trinajstić information content (AvgIpc) is 2.16. The van der Waals surface area contributed by atoms with E-state index in [2.05, 4.69) is 0 Å². The highest BCUT2D eigenvalue weighted by Gasteiger charge is 2.13. The van der Waals surface area contributed by atoms with Gasteiger partial charge in [-0.05, 0) is 25.1 Å². The molecule has 1 aromatic carbocycles. The fourth-order valence-electron chi connectivity index (χ4n) is 1.53. The van der Waals surface area contributed by atoms with Gasteiger partial charge in [-0.1, -0.05) is 0 Å². The maximum Gasteiger partial charge on any atom is 0.236 e. The van der Waals surface area contributed by atoms with E-state index in [4.69, 9.17) is 5.73 Å². The second-order valence-electron chi connectivity index (χ2n) is 3.70. The molecule has 0 radical (unpaired) electrons. The molecule has 3 N–H and O–H groups in total. The van der Waals surface area contributed by atoms with Gasteiger partial charge in [0.25, 0.3) is 0 Å². The van der Waals surface area contributed by atoms with Gasteiger partial charge in [0.2, 0.25) is 5.91 Å². The monoisotopic (exact) mass is 226 g/mol. The quantitative estimate of drug-likeness (QED) is 0.798. The van der Waals surface area contributed by atoms with E-state index in [1.807, 2.05) is 0 Å². The Hall–Kier alpha value is -1.62. The molecule has 0 spiro atoms. The molecule has 16 heavy (non-hydrogen) atoms. The number of likely N-dealkylation sites (N-methyl/N-ethyl adjacent to an activating group) is 1. The van der Waals surface area contributed by atoms with Gasteiger partial charge in [0, 0.05) is 18.3 Å². The Kier molecular flexibility index (Phi) is 3.84. The maximum absolute atomic E-state index is 13.0. The number of rotatable bonds is 4. The van der Waals surface area contributed by atoms with Gasteiger partial charge < -0.3 is 15.7 Å². The minimum absolute atomic E-state index is 0.0192. The number of aliphatic hydroxyl groups is 1. The first-order chi connectivity index (χ1) is 7.41. The third-order valence-electron chi connectivity index (χ3n) is 2.24. The van der Waals surface area contributed by atoms with E-state index in [0.29, 0.717) is 11.3 Å². The molecule has 0 aromatic heterocycles. The van der Waals surface area contributed by atoms with Crippen LogP contribution >= 0.6 is 0 Å². The van der Waals surface area contributed by atoms with Crippen LogP contribution in [0.25, 0.3) is 0 Å². The lowest BCUT2D eigenvalue weighted by Crippen LogP contribution is -2.31. The summed E-state index contributed by atoms with van der Waals surface area (Å²) in [6.07, 6.45) is -0.805. The number of nitrogens with two attached hydrogens (primary N) is 1. The van der Waals surface area contributed by atoms with Gasteiger partial charge in [0.1, 0.15) is 5.82 Å². The largest absolute Gasteiger partial charge is 0.389 e. The van der Waals surface area contributed by atoms with Gasteiger partial charge in [-0.25, -0.2) is 4.39 Å². The van der Waals surface area contributed by atoms with Crippen molar-refractivity contribution in [1.29, 1.82) is 0 Å². The van der Waals surface area contributed by atoms with Crippen LogP contribution in [0.1, 0.15) is 18.6 Å². The Morgan fingerprint density at radius 3 is 2.75 bits per heavy atom. The van der Waals surface area contributed by atoms with Crippen LogP contribution in [-0.4, -0.2) is 24.6 Å².